The SMILES string of the molecule is CN1CCc2ncnc(N3CCC[C@@H](CNS(C)(=O)=O)C3)c2C1. The first-order chi connectivity index (χ1) is 10.9. The second-order valence-electron chi connectivity index (χ2n) is 6.69. The van der Waals surface area contributed by atoms with Crippen LogP contribution in [0.2, 0.25) is 0 Å². The lowest BCUT2D eigenvalue weighted by atomic mass is 9.97. The minimum absolute atomic E-state index is 0.324. The van der Waals surface area contributed by atoms with Crippen molar-refractivity contribution in [2.45, 2.75) is 25.8 Å². The van der Waals surface area contributed by atoms with Gasteiger partial charge in [-0.3, -0.25) is 0 Å². The van der Waals surface area contributed by atoms with Crippen molar-refractivity contribution >= 4 is 15.8 Å². The van der Waals surface area contributed by atoms with Gasteiger partial charge >= 0.3 is 0 Å². The summed E-state index contributed by atoms with van der Waals surface area (Å²) >= 11 is 0. The van der Waals surface area contributed by atoms with Crippen LogP contribution in [0.3, 0.4) is 0 Å². The number of hydrogen-bond donors (Lipinski definition) is 1. The van der Waals surface area contributed by atoms with Gasteiger partial charge in [0.1, 0.15) is 12.1 Å². The highest BCUT2D eigenvalue weighted by Gasteiger charge is 2.26. The van der Waals surface area contributed by atoms with E-state index in [2.05, 4.69) is 31.5 Å². The van der Waals surface area contributed by atoms with Crippen LogP contribution in [0, 0.1) is 5.92 Å². The lowest BCUT2D eigenvalue weighted by Crippen LogP contribution is -2.42. The number of hydrogen-bond acceptors (Lipinski definition) is 6. The van der Waals surface area contributed by atoms with Gasteiger partial charge in [-0.15, -0.1) is 0 Å². The molecule has 0 saturated carbocycles. The molecule has 7 nitrogen and oxygen atoms in total. The smallest absolute Gasteiger partial charge is 0.208 e. The fourth-order valence-corrected chi connectivity index (χ4v) is 3.97. The first-order valence-electron chi connectivity index (χ1n) is 8.13. The Balaban J connectivity index is 1.74. The quantitative estimate of drug-likeness (QED) is 0.846. The van der Waals surface area contributed by atoms with E-state index in [1.165, 1.54) is 11.8 Å². The molecule has 1 aromatic rings. The molecule has 1 fully saturated rings. The monoisotopic (exact) mass is 339 g/mol. The summed E-state index contributed by atoms with van der Waals surface area (Å²) in [5, 5.41) is 0. The number of sulfonamides is 1. The van der Waals surface area contributed by atoms with Crippen molar-refractivity contribution in [3.05, 3.63) is 17.6 Å². The fourth-order valence-electron chi connectivity index (χ4n) is 3.43. The van der Waals surface area contributed by atoms with Crippen molar-refractivity contribution in [1.29, 1.82) is 0 Å². The molecule has 1 saturated heterocycles. The van der Waals surface area contributed by atoms with Gasteiger partial charge in [-0.1, -0.05) is 0 Å². The molecular weight excluding hydrogens is 314 g/mol. The van der Waals surface area contributed by atoms with Crippen LogP contribution in [-0.4, -0.2) is 62.8 Å². The number of likely N-dealkylation sites (N-methyl/N-ethyl adjacent to an activating group) is 1. The molecule has 128 valence electrons. The maximum absolute atomic E-state index is 11.3. The molecule has 0 aliphatic carbocycles. The number of nitrogens with zero attached hydrogens (tertiary/aromatic N) is 4. The molecule has 0 aromatic carbocycles. The number of piperidine rings is 1. The van der Waals surface area contributed by atoms with Crippen molar-refractivity contribution in [3.63, 3.8) is 0 Å². The topological polar surface area (TPSA) is 78.4 Å². The van der Waals surface area contributed by atoms with Crippen LogP contribution in [0.5, 0.6) is 0 Å². The second kappa shape index (κ2) is 6.70. The third-order valence-corrected chi connectivity index (χ3v) is 5.31. The summed E-state index contributed by atoms with van der Waals surface area (Å²) in [7, 11) is -1.01. The van der Waals surface area contributed by atoms with E-state index in [9.17, 15) is 8.42 Å². The lowest BCUT2D eigenvalue weighted by Gasteiger charge is -2.36. The third kappa shape index (κ3) is 4.19. The summed E-state index contributed by atoms with van der Waals surface area (Å²) in [5.74, 6) is 1.36. The maximum Gasteiger partial charge on any atom is 0.208 e. The van der Waals surface area contributed by atoms with Gasteiger partial charge in [0.05, 0.1) is 11.9 Å². The van der Waals surface area contributed by atoms with E-state index in [4.69, 9.17) is 0 Å². The Labute approximate surface area is 138 Å². The van der Waals surface area contributed by atoms with Gasteiger partial charge in [-0.2, -0.15) is 0 Å². The van der Waals surface area contributed by atoms with E-state index in [0.717, 1.165) is 57.0 Å². The number of fused-ring (bicyclic) bond motifs is 1. The van der Waals surface area contributed by atoms with E-state index >= 15 is 0 Å². The van der Waals surface area contributed by atoms with Crippen LogP contribution in [0.4, 0.5) is 5.82 Å². The Morgan fingerprint density at radius 1 is 1.35 bits per heavy atom. The molecule has 23 heavy (non-hydrogen) atoms. The molecule has 0 amide bonds. The van der Waals surface area contributed by atoms with E-state index < -0.39 is 10.0 Å². The largest absolute Gasteiger partial charge is 0.356 e. The molecule has 2 aliphatic heterocycles. The summed E-state index contributed by atoms with van der Waals surface area (Å²) in [6.07, 6.45) is 5.95. The Hall–Kier alpha value is -1.25. The Morgan fingerprint density at radius 3 is 2.96 bits per heavy atom. The molecule has 2 aliphatic rings. The fraction of sp³-hybridized carbons (Fsp3) is 0.733. The van der Waals surface area contributed by atoms with E-state index in [1.54, 1.807) is 6.33 Å². The Bertz CT molecular complexity index is 664. The van der Waals surface area contributed by atoms with Crippen LogP contribution in [0.15, 0.2) is 6.33 Å². The average molecular weight is 339 g/mol. The zero-order chi connectivity index (χ0) is 16.4. The standard InChI is InChI=1S/C15H25N5O2S/c1-19-7-5-14-13(10-19)15(17-11-16-14)20-6-3-4-12(9-20)8-18-23(2,21)22/h11-12,18H,3-10H2,1-2H3/t12-/m0/s1. The molecule has 0 unspecified atom stereocenters. The van der Waals surface area contributed by atoms with Gasteiger partial charge in [0.2, 0.25) is 10.0 Å². The van der Waals surface area contributed by atoms with Crippen molar-refractivity contribution < 1.29 is 8.42 Å². The van der Waals surface area contributed by atoms with Gasteiger partial charge < -0.3 is 9.80 Å². The number of rotatable bonds is 4. The van der Waals surface area contributed by atoms with Crippen molar-refractivity contribution in [2.75, 3.05) is 44.4 Å². The van der Waals surface area contributed by atoms with Crippen LogP contribution in [0.25, 0.3) is 0 Å². The number of nitrogens with one attached hydrogen (secondary N) is 1. The maximum atomic E-state index is 11.3. The normalized spacial score (nSPS) is 22.9. The summed E-state index contributed by atoms with van der Waals surface area (Å²) in [5.41, 5.74) is 2.39. The molecule has 1 atom stereocenters. The molecule has 0 bridgehead atoms. The van der Waals surface area contributed by atoms with Crippen LogP contribution < -0.4 is 9.62 Å². The molecule has 0 radical (unpaired) electrons. The van der Waals surface area contributed by atoms with Gasteiger partial charge in [-0.25, -0.2) is 23.1 Å². The van der Waals surface area contributed by atoms with E-state index in [-0.39, 0.29) is 0 Å². The molecular formula is C15H25N5O2S. The first-order valence-corrected chi connectivity index (χ1v) is 10.0. The van der Waals surface area contributed by atoms with Crippen LogP contribution in [-0.2, 0) is 23.0 Å². The molecule has 3 heterocycles. The third-order valence-electron chi connectivity index (χ3n) is 4.62. The highest BCUT2D eigenvalue weighted by atomic mass is 32.2. The highest BCUT2D eigenvalue weighted by Crippen LogP contribution is 2.28. The minimum atomic E-state index is -3.13. The summed E-state index contributed by atoms with van der Waals surface area (Å²) in [6, 6.07) is 0. The lowest BCUT2D eigenvalue weighted by molar-refractivity contribution is 0.308. The Kier molecular flexibility index (Phi) is 4.84. The predicted octanol–water partition coefficient (Wildman–Crippen LogP) is 0.230. The van der Waals surface area contributed by atoms with Crippen LogP contribution in [0.1, 0.15) is 24.1 Å². The summed E-state index contributed by atoms with van der Waals surface area (Å²) in [4.78, 5) is 13.6. The zero-order valence-electron chi connectivity index (χ0n) is 13.8. The van der Waals surface area contributed by atoms with Gasteiger partial charge in [0, 0.05) is 44.7 Å². The van der Waals surface area contributed by atoms with Crippen molar-refractivity contribution in [3.8, 4) is 0 Å². The summed E-state index contributed by atoms with van der Waals surface area (Å²) in [6.45, 7) is 4.24. The average Bonchev–Trinajstić information content (AvgIpc) is 2.52. The minimum Gasteiger partial charge on any atom is -0.356 e. The molecule has 1 aromatic heterocycles. The predicted molar refractivity (Wildman–Crippen MR) is 89.9 cm³/mol. The van der Waals surface area contributed by atoms with Crippen molar-refractivity contribution in [1.82, 2.24) is 19.6 Å². The highest BCUT2D eigenvalue weighted by molar-refractivity contribution is 7.88. The van der Waals surface area contributed by atoms with Gasteiger partial charge in [0.15, 0.2) is 0 Å². The summed E-state index contributed by atoms with van der Waals surface area (Å²) < 4.78 is 25.2. The van der Waals surface area contributed by atoms with Gasteiger partial charge in [0.25, 0.3) is 0 Å². The number of aromatic nitrogens is 2. The number of anilines is 1. The second-order valence-corrected chi connectivity index (χ2v) is 8.52. The molecule has 8 heteroatoms. The molecule has 3 rings (SSSR count). The van der Waals surface area contributed by atoms with Crippen LogP contribution >= 0.6 is 0 Å². The van der Waals surface area contributed by atoms with Crippen molar-refractivity contribution in [2.24, 2.45) is 5.92 Å². The van der Waals surface area contributed by atoms with Gasteiger partial charge in [-0.05, 0) is 25.8 Å². The van der Waals surface area contributed by atoms with E-state index in [0.29, 0.717) is 12.5 Å². The first kappa shape index (κ1) is 16.6. The Morgan fingerprint density at radius 2 is 2.17 bits per heavy atom. The van der Waals surface area contributed by atoms with E-state index in [1.807, 2.05) is 0 Å². The zero-order valence-corrected chi connectivity index (χ0v) is 14.6. The molecule has 1 N–H and O–H groups in total. The molecule has 0 spiro atoms.